The van der Waals surface area contributed by atoms with Crippen LogP contribution in [0.2, 0.25) is 0 Å². The van der Waals surface area contributed by atoms with Crippen molar-refractivity contribution < 1.29 is 0 Å². The van der Waals surface area contributed by atoms with Crippen molar-refractivity contribution in [3.63, 3.8) is 0 Å². The molecular formula is C13H18N4O. The first-order valence-corrected chi connectivity index (χ1v) is 6.50. The largest absolute Gasteiger partial charge is 0.351 e. The Balaban J connectivity index is 1.86. The van der Waals surface area contributed by atoms with Crippen LogP contribution in [-0.2, 0) is 6.67 Å². The second-order valence-electron chi connectivity index (χ2n) is 5.18. The summed E-state index contributed by atoms with van der Waals surface area (Å²) in [4.78, 5) is 14.4. The first-order chi connectivity index (χ1) is 8.74. The number of pyridine rings is 1. The molecule has 3 rings (SSSR count). The van der Waals surface area contributed by atoms with Gasteiger partial charge in [0.05, 0.1) is 6.67 Å². The highest BCUT2D eigenvalue weighted by molar-refractivity contribution is 5.35. The van der Waals surface area contributed by atoms with Crippen molar-refractivity contribution in [3.8, 4) is 0 Å². The average molecular weight is 246 g/mol. The number of nitrogens with zero attached hydrogens (tertiary/aromatic N) is 4. The van der Waals surface area contributed by atoms with E-state index in [1.54, 1.807) is 15.3 Å². The summed E-state index contributed by atoms with van der Waals surface area (Å²) in [7, 11) is 0. The number of aromatic nitrogens is 3. The minimum absolute atomic E-state index is 0.0520. The molecule has 18 heavy (non-hydrogen) atoms. The maximum Gasteiger partial charge on any atom is 0.351 e. The first-order valence-electron chi connectivity index (χ1n) is 6.50. The Kier molecular flexibility index (Phi) is 2.91. The van der Waals surface area contributed by atoms with Crippen molar-refractivity contribution in [3.05, 3.63) is 34.9 Å². The number of hydrogen-bond donors (Lipinski definition) is 0. The van der Waals surface area contributed by atoms with E-state index in [0.29, 0.717) is 18.2 Å². The molecule has 2 aromatic rings. The standard InChI is InChI=1S/C13H18N4O/c1-11-5-4-7-15(9-11)10-17-13(18)16-8-3-2-6-12(16)14-17/h2-3,6,8,11H,4-5,7,9-10H2,1H3. The molecule has 0 aliphatic carbocycles. The Morgan fingerprint density at radius 1 is 1.44 bits per heavy atom. The van der Waals surface area contributed by atoms with Gasteiger partial charge in [0.25, 0.3) is 0 Å². The molecule has 1 aliphatic rings. The molecule has 0 bridgehead atoms. The zero-order chi connectivity index (χ0) is 12.5. The summed E-state index contributed by atoms with van der Waals surface area (Å²) < 4.78 is 3.15. The van der Waals surface area contributed by atoms with Gasteiger partial charge in [0.1, 0.15) is 0 Å². The Hall–Kier alpha value is -1.62. The monoisotopic (exact) mass is 246 g/mol. The van der Waals surface area contributed by atoms with E-state index in [-0.39, 0.29) is 5.69 Å². The van der Waals surface area contributed by atoms with Crippen molar-refractivity contribution in [2.24, 2.45) is 5.92 Å². The molecule has 1 saturated heterocycles. The SMILES string of the molecule is CC1CCCN(Cn2nc3ccccn3c2=O)C1. The molecule has 0 amide bonds. The highest BCUT2D eigenvalue weighted by Gasteiger charge is 2.17. The maximum absolute atomic E-state index is 12.1. The van der Waals surface area contributed by atoms with Crippen LogP contribution in [0.1, 0.15) is 19.8 Å². The molecule has 1 aliphatic heterocycles. The number of rotatable bonds is 2. The topological polar surface area (TPSA) is 42.5 Å². The minimum atomic E-state index is -0.0520. The van der Waals surface area contributed by atoms with E-state index in [9.17, 15) is 4.79 Å². The molecule has 1 unspecified atom stereocenters. The Morgan fingerprint density at radius 2 is 2.33 bits per heavy atom. The van der Waals surface area contributed by atoms with Gasteiger partial charge in [0, 0.05) is 12.7 Å². The van der Waals surface area contributed by atoms with Crippen molar-refractivity contribution in [1.82, 2.24) is 19.1 Å². The van der Waals surface area contributed by atoms with E-state index in [2.05, 4.69) is 16.9 Å². The van der Waals surface area contributed by atoms with Gasteiger partial charge in [-0.05, 0) is 37.4 Å². The van der Waals surface area contributed by atoms with Gasteiger partial charge in [-0.2, -0.15) is 4.68 Å². The summed E-state index contributed by atoms with van der Waals surface area (Å²) in [6, 6.07) is 5.61. The van der Waals surface area contributed by atoms with E-state index in [0.717, 1.165) is 13.1 Å². The third kappa shape index (κ3) is 2.06. The fourth-order valence-corrected chi connectivity index (χ4v) is 2.66. The zero-order valence-corrected chi connectivity index (χ0v) is 10.6. The summed E-state index contributed by atoms with van der Waals surface area (Å²) in [6.45, 7) is 4.98. The first kappa shape index (κ1) is 11.5. The summed E-state index contributed by atoms with van der Waals surface area (Å²) in [6.07, 6.45) is 4.26. The highest BCUT2D eigenvalue weighted by Crippen LogP contribution is 2.15. The molecule has 1 fully saturated rings. The Labute approximate surface area is 106 Å². The molecule has 0 radical (unpaired) electrons. The van der Waals surface area contributed by atoms with Gasteiger partial charge in [0.2, 0.25) is 0 Å². The van der Waals surface area contributed by atoms with Crippen LogP contribution in [0, 0.1) is 5.92 Å². The van der Waals surface area contributed by atoms with Gasteiger partial charge in [-0.1, -0.05) is 13.0 Å². The quantitative estimate of drug-likeness (QED) is 0.799. The normalized spacial score (nSPS) is 21.5. The molecule has 5 heteroatoms. The lowest BCUT2D eigenvalue weighted by Gasteiger charge is -2.30. The van der Waals surface area contributed by atoms with Crippen LogP contribution in [0.5, 0.6) is 0 Å². The lowest BCUT2D eigenvalue weighted by atomic mass is 10.0. The van der Waals surface area contributed by atoms with Crippen LogP contribution < -0.4 is 5.69 Å². The smallest absolute Gasteiger partial charge is 0.284 e. The van der Waals surface area contributed by atoms with E-state index in [1.165, 1.54) is 12.8 Å². The number of hydrogen-bond acceptors (Lipinski definition) is 3. The van der Waals surface area contributed by atoms with Crippen molar-refractivity contribution in [1.29, 1.82) is 0 Å². The lowest BCUT2D eigenvalue weighted by Crippen LogP contribution is -2.38. The fourth-order valence-electron chi connectivity index (χ4n) is 2.66. The Morgan fingerprint density at radius 3 is 3.11 bits per heavy atom. The predicted octanol–water partition coefficient (Wildman–Crippen LogP) is 1.19. The van der Waals surface area contributed by atoms with Gasteiger partial charge in [-0.15, -0.1) is 5.10 Å². The van der Waals surface area contributed by atoms with Crippen LogP contribution in [-0.4, -0.2) is 32.2 Å². The summed E-state index contributed by atoms with van der Waals surface area (Å²) in [5, 5.41) is 4.36. The molecule has 2 aromatic heterocycles. The molecule has 1 atom stereocenters. The van der Waals surface area contributed by atoms with Crippen LogP contribution in [0.15, 0.2) is 29.2 Å². The minimum Gasteiger partial charge on any atom is -0.284 e. The van der Waals surface area contributed by atoms with Crippen LogP contribution in [0.4, 0.5) is 0 Å². The van der Waals surface area contributed by atoms with Gasteiger partial charge in [-0.3, -0.25) is 9.30 Å². The molecule has 5 nitrogen and oxygen atoms in total. The number of piperidine rings is 1. The second kappa shape index (κ2) is 4.57. The summed E-state index contributed by atoms with van der Waals surface area (Å²) in [5.74, 6) is 0.714. The second-order valence-corrected chi connectivity index (χ2v) is 5.18. The van der Waals surface area contributed by atoms with E-state index in [4.69, 9.17) is 0 Å². The van der Waals surface area contributed by atoms with Gasteiger partial charge >= 0.3 is 5.69 Å². The van der Waals surface area contributed by atoms with Gasteiger partial charge < -0.3 is 0 Å². The van der Waals surface area contributed by atoms with Crippen LogP contribution >= 0.6 is 0 Å². The third-order valence-corrected chi connectivity index (χ3v) is 3.56. The predicted molar refractivity (Wildman–Crippen MR) is 69.4 cm³/mol. The van der Waals surface area contributed by atoms with E-state index >= 15 is 0 Å². The average Bonchev–Trinajstić information content (AvgIpc) is 2.67. The summed E-state index contributed by atoms with van der Waals surface area (Å²) >= 11 is 0. The van der Waals surface area contributed by atoms with Crippen molar-refractivity contribution in [2.75, 3.05) is 13.1 Å². The molecule has 3 heterocycles. The zero-order valence-electron chi connectivity index (χ0n) is 10.6. The van der Waals surface area contributed by atoms with Gasteiger partial charge in [0.15, 0.2) is 5.65 Å². The number of likely N-dealkylation sites (tertiary alicyclic amines) is 1. The molecule has 0 N–H and O–H groups in total. The molecule has 96 valence electrons. The Bertz CT molecular complexity index is 600. The van der Waals surface area contributed by atoms with Crippen molar-refractivity contribution in [2.45, 2.75) is 26.4 Å². The van der Waals surface area contributed by atoms with Gasteiger partial charge in [-0.25, -0.2) is 4.79 Å². The third-order valence-electron chi connectivity index (χ3n) is 3.56. The molecule has 0 aromatic carbocycles. The molecule has 0 spiro atoms. The lowest BCUT2D eigenvalue weighted by molar-refractivity contribution is 0.137. The number of fused-ring (bicyclic) bond motifs is 1. The van der Waals surface area contributed by atoms with Crippen LogP contribution in [0.3, 0.4) is 0 Å². The highest BCUT2D eigenvalue weighted by atomic mass is 16.2. The van der Waals surface area contributed by atoms with Crippen LogP contribution in [0.25, 0.3) is 5.65 Å². The van der Waals surface area contributed by atoms with Crippen molar-refractivity contribution >= 4 is 5.65 Å². The molecular weight excluding hydrogens is 228 g/mol. The maximum atomic E-state index is 12.1. The molecule has 0 saturated carbocycles. The fraction of sp³-hybridized carbons (Fsp3) is 0.538. The van der Waals surface area contributed by atoms with E-state index in [1.807, 2.05) is 18.2 Å². The van der Waals surface area contributed by atoms with E-state index < -0.39 is 0 Å². The summed E-state index contributed by atoms with van der Waals surface area (Å²) in [5.41, 5.74) is 0.663.